The van der Waals surface area contributed by atoms with Crippen molar-refractivity contribution in [3.8, 4) is 11.3 Å². The van der Waals surface area contributed by atoms with Crippen LogP contribution in [-0.4, -0.2) is 42.0 Å². The lowest BCUT2D eigenvalue weighted by Crippen LogP contribution is -2.16. The minimum atomic E-state index is -0.253. The van der Waals surface area contributed by atoms with E-state index in [2.05, 4.69) is 29.8 Å². The first-order valence-corrected chi connectivity index (χ1v) is 10.4. The fraction of sp³-hybridized carbons (Fsp3) is 0.364. The number of aromatic nitrogens is 2. The number of hydrogen-bond donors (Lipinski definition) is 0. The Morgan fingerprint density at radius 1 is 1.07 bits per heavy atom. The van der Waals surface area contributed by atoms with Crippen molar-refractivity contribution in [1.29, 1.82) is 0 Å². The van der Waals surface area contributed by atoms with Crippen LogP contribution in [0.25, 0.3) is 17.3 Å². The monoisotopic (exact) mass is 465 g/mol. The van der Waals surface area contributed by atoms with Gasteiger partial charge in [0, 0.05) is 30.6 Å². The van der Waals surface area contributed by atoms with Crippen LogP contribution >= 0.6 is 15.9 Å². The van der Waals surface area contributed by atoms with E-state index < -0.39 is 0 Å². The topological polar surface area (TPSA) is 63.2 Å². The van der Waals surface area contributed by atoms with Crippen molar-refractivity contribution in [3.05, 3.63) is 47.4 Å². The van der Waals surface area contributed by atoms with Crippen molar-refractivity contribution in [2.24, 2.45) is 0 Å². The highest BCUT2D eigenvalue weighted by Crippen LogP contribution is 2.30. The van der Waals surface area contributed by atoms with Crippen LogP contribution in [-0.2, 0) is 9.59 Å². The minimum absolute atomic E-state index is 0.194. The average molecular weight is 466 g/mol. The minimum Gasteiger partial charge on any atom is -0.347 e. The number of aldehydes is 2. The molecule has 0 unspecified atom stereocenters. The molecule has 1 aromatic heterocycles. The maximum atomic E-state index is 13.3. The number of carbonyl (C=O) groups excluding carboxylic acids is 2. The molecule has 0 aliphatic carbocycles. The van der Waals surface area contributed by atoms with Crippen LogP contribution in [0.5, 0.6) is 0 Å². The molecule has 0 saturated carbocycles. The fourth-order valence-corrected chi connectivity index (χ4v) is 2.46. The molecule has 0 bridgehead atoms. The summed E-state index contributed by atoms with van der Waals surface area (Å²) in [5, 5.41) is 0.753. The van der Waals surface area contributed by atoms with E-state index in [0.29, 0.717) is 5.95 Å². The third-order valence-corrected chi connectivity index (χ3v) is 3.83. The lowest BCUT2D eigenvalue weighted by atomic mass is 9.98. The maximum Gasteiger partial charge on any atom is 0.225 e. The summed E-state index contributed by atoms with van der Waals surface area (Å²) < 4.78 is 13.3. The van der Waals surface area contributed by atoms with Gasteiger partial charge in [0.1, 0.15) is 5.82 Å². The van der Waals surface area contributed by atoms with Crippen molar-refractivity contribution >= 4 is 40.5 Å². The number of halogens is 2. The third-order valence-electron chi connectivity index (χ3n) is 3.46. The molecular formula is C22H29BrFN3O2. The zero-order valence-electron chi connectivity index (χ0n) is 17.8. The van der Waals surface area contributed by atoms with Crippen molar-refractivity contribution < 1.29 is 14.0 Å². The summed E-state index contributed by atoms with van der Waals surface area (Å²) in [6.45, 7) is 8.23. The number of alkyl halides is 1. The van der Waals surface area contributed by atoms with E-state index in [4.69, 9.17) is 19.6 Å². The second kappa shape index (κ2) is 14.6. The van der Waals surface area contributed by atoms with E-state index in [1.54, 1.807) is 12.1 Å². The van der Waals surface area contributed by atoms with Crippen LogP contribution in [0.15, 0.2) is 30.3 Å². The summed E-state index contributed by atoms with van der Waals surface area (Å²) in [7, 11) is 3.84. The lowest BCUT2D eigenvalue weighted by molar-refractivity contribution is -0.122. The molecule has 0 saturated heterocycles. The number of allylic oxidation sites excluding steroid dienone is 1. The molecular weight excluding hydrogens is 437 g/mol. The predicted octanol–water partition coefficient (Wildman–Crippen LogP) is 5.29. The first kappa shape index (κ1) is 26.6. The van der Waals surface area contributed by atoms with Crippen molar-refractivity contribution in [2.75, 3.05) is 24.3 Å². The summed E-state index contributed by atoms with van der Waals surface area (Å²) in [5.41, 5.74) is 3.68. The standard InChI is InChI=1S/C18H21BrFN3.C2H2O2.C2H6/c1-12(2)16-15(6-5-11-19)17(22-18(21-16)23(3)4)13-7-9-14(20)10-8-13;3-1-2-4;1-2/h5-10,12H,11H2,1-4H3;1-2H;1-2H3/b6-5+;;. The zero-order chi connectivity index (χ0) is 22.4. The summed E-state index contributed by atoms with van der Waals surface area (Å²) in [6.07, 6.45) is 4.44. The normalized spacial score (nSPS) is 9.97. The Morgan fingerprint density at radius 2 is 1.62 bits per heavy atom. The summed E-state index contributed by atoms with van der Waals surface area (Å²) in [4.78, 5) is 28.9. The van der Waals surface area contributed by atoms with E-state index in [-0.39, 0.29) is 24.3 Å². The van der Waals surface area contributed by atoms with Crippen LogP contribution in [0.2, 0.25) is 0 Å². The largest absolute Gasteiger partial charge is 0.347 e. The second-order valence-electron chi connectivity index (χ2n) is 6.06. The van der Waals surface area contributed by atoms with Crippen LogP contribution in [0.3, 0.4) is 0 Å². The van der Waals surface area contributed by atoms with Gasteiger partial charge in [-0.05, 0) is 30.2 Å². The quantitative estimate of drug-likeness (QED) is 0.329. The molecule has 0 aliphatic heterocycles. The van der Waals surface area contributed by atoms with Gasteiger partial charge in [0.25, 0.3) is 0 Å². The highest BCUT2D eigenvalue weighted by atomic mass is 79.9. The number of anilines is 1. The number of carbonyl (C=O) groups is 2. The van der Waals surface area contributed by atoms with Gasteiger partial charge in [-0.25, -0.2) is 14.4 Å². The molecule has 2 rings (SSSR count). The van der Waals surface area contributed by atoms with Crippen LogP contribution in [0.4, 0.5) is 10.3 Å². The molecule has 0 radical (unpaired) electrons. The molecule has 0 spiro atoms. The molecule has 158 valence electrons. The Morgan fingerprint density at radius 3 is 2.03 bits per heavy atom. The van der Waals surface area contributed by atoms with Gasteiger partial charge in [-0.1, -0.05) is 55.8 Å². The van der Waals surface area contributed by atoms with E-state index in [1.807, 2.05) is 45.0 Å². The van der Waals surface area contributed by atoms with Crippen molar-refractivity contribution in [2.45, 2.75) is 33.6 Å². The molecule has 0 N–H and O–H groups in total. The molecule has 0 aliphatic rings. The molecule has 29 heavy (non-hydrogen) atoms. The van der Waals surface area contributed by atoms with Gasteiger partial charge in [0.15, 0.2) is 12.6 Å². The van der Waals surface area contributed by atoms with Crippen molar-refractivity contribution in [3.63, 3.8) is 0 Å². The maximum absolute atomic E-state index is 13.3. The van der Waals surface area contributed by atoms with Gasteiger partial charge in [-0.2, -0.15) is 0 Å². The Balaban J connectivity index is 0.00000116. The van der Waals surface area contributed by atoms with Gasteiger partial charge < -0.3 is 4.90 Å². The highest BCUT2D eigenvalue weighted by Gasteiger charge is 2.17. The first-order chi connectivity index (χ1) is 13.8. The predicted molar refractivity (Wildman–Crippen MR) is 122 cm³/mol. The Kier molecular flexibility index (Phi) is 13.4. The van der Waals surface area contributed by atoms with Gasteiger partial charge in [-0.15, -0.1) is 0 Å². The summed E-state index contributed by atoms with van der Waals surface area (Å²) >= 11 is 3.41. The van der Waals surface area contributed by atoms with Crippen LogP contribution < -0.4 is 4.90 Å². The number of benzene rings is 1. The Hall–Kier alpha value is -2.41. The molecule has 7 heteroatoms. The van der Waals surface area contributed by atoms with Crippen molar-refractivity contribution in [1.82, 2.24) is 9.97 Å². The molecule has 5 nitrogen and oxygen atoms in total. The number of rotatable bonds is 6. The van der Waals surface area contributed by atoms with Gasteiger partial charge >= 0.3 is 0 Å². The Labute approximate surface area is 181 Å². The summed E-state index contributed by atoms with van der Waals surface area (Å²) in [5.74, 6) is 0.659. The second-order valence-corrected chi connectivity index (χ2v) is 6.70. The SMILES string of the molecule is CC.CC(C)c1nc(N(C)C)nc(-c2ccc(F)cc2)c1/C=C/CBr.O=CC=O. The molecule has 2 aromatic rings. The lowest BCUT2D eigenvalue weighted by Gasteiger charge is -2.18. The van der Waals surface area contributed by atoms with E-state index in [0.717, 1.165) is 27.8 Å². The van der Waals surface area contributed by atoms with E-state index >= 15 is 0 Å². The highest BCUT2D eigenvalue weighted by molar-refractivity contribution is 9.09. The zero-order valence-corrected chi connectivity index (χ0v) is 19.4. The Bertz CT molecular complexity index is 785. The molecule has 0 amide bonds. The molecule has 1 heterocycles. The van der Waals surface area contributed by atoms with E-state index in [9.17, 15) is 4.39 Å². The van der Waals surface area contributed by atoms with Crippen LogP contribution in [0, 0.1) is 5.82 Å². The fourth-order valence-electron chi connectivity index (χ4n) is 2.27. The molecule has 0 atom stereocenters. The van der Waals surface area contributed by atoms with Crippen LogP contribution in [0.1, 0.15) is 44.9 Å². The number of nitrogens with zero attached hydrogens (tertiary/aromatic N) is 3. The van der Waals surface area contributed by atoms with Gasteiger partial charge in [-0.3, -0.25) is 9.59 Å². The van der Waals surface area contributed by atoms with E-state index in [1.165, 1.54) is 12.1 Å². The summed E-state index contributed by atoms with van der Waals surface area (Å²) in [6, 6.07) is 6.43. The molecule has 0 fully saturated rings. The molecule has 1 aromatic carbocycles. The third kappa shape index (κ3) is 8.64. The first-order valence-electron chi connectivity index (χ1n) is 9.32. The number of hydrogen-bond acceptors (Lipinski definition) is 5. The van der Waals surface area contributed by atoms with Gasteiger partial charge in [0.2, 0.25) is 5.95 Å². The smallest absolute Gasteiger partial charge is 0.225 e. The average Bonchev–Trinajstić information content (AvgIpc) is 2.73. The van der Waals surface area contributed by atoms with Gasteiger partial charge in [0.05, 0.1) is 11.4 Å².